The van der Waals surface area contributed by atoms with Crippen LogP contribution in [-0.4, -0.2) is 49.1 Å². The summed E-state index contributed by atoms with van der Waals surface area (Å²) < 4.78 is 5.12. The van der Waals surface area contributed by atoms with E-state index in [9.17, 15) is 9.59 Å². The molecule has 1 saturated heterocycles. The lowest BCUT2D eigenvalue weighted by Crippen LogP contribution is -2.58. The zero-order valence-corrected chi connectivity index (χ0v) is 13.1. The SMILES string of the molecule is CCOC(=O)C1CNCCN1C(=O)C1CCCCCCC1. The van der Waals surface area contributed by atoms with Crippen molar-refractivity contribution in [2.75, 3.05) is 26.2 Å². The molecule has 2 fully saturated rings. The molecule has 1 saturated carbocycles. The van der Waals surface area contributed by atoms with Gasteiger partial charge in [-0.3, -0.25) is 4.79 Å². The number of esters is 1. The highest BCUT2D eigenvalue weighted by molar-refractivity contribution is 5.86. The van der Waals surface area contributed by atoms with Gasteiger partial charge < -0.3 is 15.0 Å². The van der Waals surface area contributed by atoms with Crippen LogP contribution in [0, 0.1) is 5.92 Å². The Morgan fingerprint density at radius 3 is 2.48 bits per heavy atom. The van der Waals surface area contributed by atoms with Gasteiger partial charge in [0.05, 0.1) is 6.61 Å². The van der Waals surface area contributed by atoms with Crippen molar-refractivity contribution < 1.29 is 14.3 Å². The van der Waals surface area contributed by atoms with Crippen LogP contribution >= 0.6 is 0 Å². The summed E-state index contributed by atoms with van der Waals surface area (Å²) in [5, 5.41) is 3.19. The van der Waals surface area contributed by atoms with Crippen molar-refractivity contribution in [3.05, 3.63) is 0 Å². The quantitative estimate of drug-likeness (QED) is 0.806. The normalized spacial score (nSPS) is 25.0. The summed E-state index contributed by atoms with van der Waals surface area (Å²) in [6.07, 6.45) is 7.95. The van der Waals surface area contributed by atoms with Crippen LogP contribution in [0.4, 0.5) is 0 Å². The summed E-state index contributed by atoms with van der Waals surface area (Å²) in [5.74, 6) is -0.0133. The molecule has 0 spiro atoms. The molecule has 1 aliphatic heterocycles. The molecule has 1 atom stereocenters. The van der Waals surface area contributed by atoms with Crippen molar-refractivity contribution in [2.24, 2.45) is 5.92 Å². The third kappa shape index (κ3) is 4.43. The summed E-state index contributed by atoms with van der Waals surface area (Å²) in [4.78, 5) is 26.7. The van der Waals surface area contributed by atoms with Gasteiger partial charge >= 0.3 is 5.97 Å². The van der Waals surface area contributed by atoms with Gasteiger partial charge in [-0.15, -0.1) is 0 Å². The average molecular weight is 296 g/mol. The van der Waals surface area contributed by atoms with Crippen LogP contribution < -0.4 is 5.32 Å². The van der Waals surface area contributed by atoms with Crippen molar-refractivity contribution in [3.63, 3.8) is 0 Å². The third-order valence-corrected chi connectivity index (χ3v) is 4.54. The molecule has 1 amide bonds. The van der Waals surface area contributed by atoms with Gasteiger partial charge in [0.15, 0.2) is 0 Å². The van der Waals surface area contributed by atoms with E-state index in [0.717, 1.165) is 32.2 Å². The number of hydrogen-bond donors (Lipinski definition) is 1. The molecule has 1 unspecified atom stereocenters. The molecular formula is C16H28N2O3. The Kier molecular flexibility index (Phi) is 6.49. The van der Waals surface area contributed by atoms with E-state index in [2.05, 4.69) is 5.32 Å². The Morgan fingerprint density at radius 2 is 1.81 bits per heavy atom. The second-order valence-electron chi connectivity index (χ2n) is 6.05. The molecule has 0 aromatic heterocycles. The van der Waals surface area contributed by atoms with Gasteiger partial charge in [-0.2, -0.15) is 0 Å². The molecule has 1 aliphatic carbocycles. The maximum absolute atomic E-state index is 12.8. The third-order valence-electron chi connectivity index (χ3n) is 4.54. The standard InChI is InChI=1S/C16H28N2O3/c1-2-21-16(20)14-12-17-10-11-18(14)15(19)13-8-6-4-3-5-7-9-13/h13-14,17H,2-12H2,1H3. The Hall–Kier alpha value is -1.10. The van der Waals surface area contributed by atoms with Gasteiger partial charge in [0.1, 0.15) is 6.04 Å². The second-order valence-corrected chi connectivity index (χ2v) is 6.05. The molecule has 1 heterocycles. The van der Waals surface area contributed by atoms with Crippen LogP contribution in [0.2, 0.25) is 0 Å². The molecule has 2 rings (SSSR count). The minimum Gasteiger partial charge on any atom is -0.464 e. The van der Waals surface area contributed by atoms with E-state index in [1.165, 1.54) is 19.3 Å². The molecule has 120 valence electrons. The van der Waals surface area contributed by atoms with Crippen molar-refractivity contribution in [2.45, 2.75) is 57.9 Å². The fourth-order valence-corrected chi connectivity index (χ4v) is 3.35. The first-order valence-corrected chi connectivity index (χ1v) is 8.42. The van der Waals surface area contributed by atoms with Crippen molar-refractivity contribution in [1.29, 1.82) is 0 Å². The monoisotopic (exact) mass is 296 g/mol. The topological polar surface area (TPSA) is 58.6 Å². The minimum absolute atomic E-state index is 0.0975. The van der Waals surface area contributed by atoms with Crippen LogP contribution in [0.25, 0.3) is 0 Å². The Bertz CT molecular complexity index is 351. The highest BCUT2D eigenvalue weighted by Gasteiger charge is 2.36. The zero-order valence-electron chi connectivity index (χ0n) is 13.1. The minimum atomic E-state index is -0.448. The number of nitrogens with one attached hydrogen (secondary N) is 1. The highest BCUT2D eigenvalue weighted by atomic mass is 16.5. The van der Waals surface area contributed by atoms with Gasteiger partial charge in [-0.1, -0.05) is 32.1 Å². The lowest BCUT2D eigenvalue weighted by Gasteiger charge is -2.37. The fourth-order valence-electron chi connectivity index (χ4n) is 3.35. The first-order chi connectivity index (χ1) is 10.2. The largest absolute Gasteiger partial charge is 0.464 e. The number of piperazine rings is 1. The predicted octanol–water partition coefficient (Wildman–Crippen LogP) is 1.71. The Labute approximate surface area is 127 Å². The van der Waals surface area contributed by atoms with Crippen LogP contribution in [0.1, 0.15) is 51.9 Å². The second kappa shape index (κ2) is 8.37. The van der Waals surface area contributed by atoms with Gasteiger partial charge in [0.2, 0.25) is 5.91 Å². The van der Waals surface area contributed by atoms with Gasteiger partial charge in [0, 0.05) is 25.6 Å². The van der Waals surface area contributed by atoms with Crippen molar-refractivity contribution >= 4 is 11.9 Å². The molecule has 21 heavy (non-hydrogen) atoms. The summed E-state index contributed by atoms with van der Waals surface area (Å²) in [5.41, 5.74) is 0. The van der Waals surface area contributed by atoms with E-state index >= 15 is 0 Å². The number of carbonyl (C=O) groups excluding carboxylic acids is 2. The number of rotatable bonds is 3. The maximum atomic E-state index is 12.8. The summed E-state index contributed by atoms with van der Waals surface area (Å²) in [6.45, 7) is 4.04. The smallest absolute Gasteiger partial charge is 0.330 e. The molecular weight excluding hydrogens is 268 g/mol. The van der Waals surface area contributed by atoms with Crippen LogP contribution in [-0.2, 0) is 14.3 Å². The number of carbonyl (C=O) groups is 2. The van der Waals surface area contributed by atoms with E-state index in [1.54, 1.807) is 11.8 Å². The highest BCUT2D eigenvalue weighted by Crippen LogP contribution is 2.25. The number of ether oxygens (including phenoxy) is 1. The average Bonchev–Trinajstić information content (AvgIpc) is 2.46. The van der Waals surface area contributed by atoms with Crippen LogP contribution in [0.5, 0.6) is 0 Å². The van der Waals surface area contributed by atoms with Gasteiger partial charge in [-0.05, 0) is 19.8 Å². The molecule has 5 heteroatoms. The van der Waals surface area contributed by atoms with E-state index in [1.807, 2.05) is 0 Å². The van der Waals surface area contributed by atoms with Gasteiger partial charge in [-0.25, -0.2) is 4.79 Å². The first-order valence-electron chi connectivity index (χ1n) is 8.42. The maximum Gasteiger partial charge on any atom is 0.330 e. The van der Waals surface area contributed by atoms with E-state index in [4.69, 9.17) is 4.74 Å². The summed E-state index contributed by atoms with van der Waals surface area (Å²) in [6, 6.07) is -0.448. The fraction of sp³-hybridized carbons (Fsp3) is 0.875. The van der Waals surface area contributed by atoms with E-state index < -0.39 is 6.04 Å². The lowest BCUT2D eigenvalue weighted by atomic mass is 9.89. The van der Waals surface area contributed by atoms with E-state index in [0.29, 0.717) is 19.7 Å². The number of nitrogens with zero attached hydrogens (tertiary/aromatic N) is 1. The van der Waals surface area contributed by atoms with Crippen molar-refractivity contribution in [3.8, 4) is 0 Å². The predicted molar refractivity (Wildman–Crippen MR) is 80.8 cm³/mol. The molecule has 0 aromatic rings. The van der Waals surface area contributed by atoms with Crippen LogP contribution in [0.15, 0.2) is 0 Å². The van der Waals surface area contributed by atoms with E-state index in [-0.39, 0.29) is 17.8 Å². The molecule has 0 radical (unpaired) electrons. The molecule has 0 bridgehead atoms. The molecule has 2 aliphatic rings. The lowest BCUT2D eigenvalue weighted by molar-refractivity contribution is -0.157. The number of amides is 1. The Balaban J connectivity index is 2.01. The molecule has 5 nitrogen and oxygen atoms in total. The van der Waals surface area contributed by atoms with Crippen molar-refractivity contribution in [1.82, 2.24) is 10.2 Å². The van der Waals surface area contributed by atoms with Gasteiger partial charge in [0.25, 0.3) is 0 Å². The summed E-state index contributed by atoms with van der Waals surface area (Å²) >= 11 is 0. The number of hydrogen-bond acceptors (Lipinski definition) is 4. The molecule has 0 aromatic carbocycles. The zero-order chi connectivity index (χ0) is 15.1. The summed E-state index contributed by atoms with van der Waals surface area (Å²) in [7, 11) is 0. The first kappa shape index (κ1) is 16.3. The van der Waals surface area contributed by atoms with Crippen LogP contribution in [0.3, 0.4) is 0 Å². The Morgan fingerprint density at radius 1 is 1.14 bits per heavy atom. The molecule has 1 N–H and O–H groups in total.